The van der Waals surface area contributed by atoms with E-state index in [1.54, 1.807) is 37.3 Å². The molecule has 192 valence electrons. The maximum absolute atomic E-state index is 13.9. The number of fused-ring (bicyclic) bond motifs is 1. The van der Waals surface area contributed by atoms with Gasteiger partial charge in [0.15, 0.2) is 16.3 Å². The van der Waals surface area contributed by atoms with E-state index < -0.39 is 17.8 Å². The van der Waals surface area contributed by atoms with Crippen LogP contribution in [0.15, 0.2) is 88.2 Å². The third-order valence-electron chi connectivity index (χ3n) is 6.06. The zero-order chi connectivity index (χ0) is 26.8. The van der Waals surface area contributed by atoms with E-state index >= 15 is 0 Å². The molecule has 1 N–H and O–H groups in total. The van der Waals surface area contributed by atoms with Crippen LogP contribution < -0.4 is 19.6 Å². The number of carbonyl (C=O) groups is 1. The van der Waals surface area contributed by atoms with Gasteiger partial charge in [-0.1, -0.05) is 59.9 Å². The molecular formula is C29H23FN2O5S. The first-order valence-electron chi connectivity index (χ1n) is 11.8. The maximum Gasteiger partial charge on any atom is 0.338 e. The third kappa shape index (κ3) is 4.64. The Labute approximate surface area is 221 Å². The van der Waals surface area contributed by atoms with Gasteiger partial charge in [-0.15, -0.1) is 0 Å². The Morgan fingerprint density at radius 1 is 1.13 bits per heavy atom. The average molecular weight is 531 g/mol. The summed E-state index contributed by atoms with van der Waals surface area (Å²) in [6.45, 7) is 1.84. The molecule has 9 heteroatoms. The van der Waals surface area contributed by atoms with Crippen molar-refractivity contribution in [2.45, 2.75) is 13.0 Å². The van der Waals surface area contributed by atoms with Crippen LogP contribution in [0, 0.1) is 5.82 Å². The number of phenolic OH excluding ortho intramolecular Hbond substituents is 1. The normalized spacial score (nSPS) is 15.1. The molecule has 0 saturated heterocycles. The van der Waals surface area contributed by atoms with Crippen LogP contribution in [0.3, 0.4) is 0 Å². The number of carbonyl (C=O) groups excluding carboxylic acids is 1. The predicted molar refractivity (Wildman–Crippen MR) is 142 cm³/mol. The number of benzene rings is 3. The van der Waals surface area contributed by atoms with Crippen molar-refractivity contribution in [3.05, 3.63) is 121 Å². The van der Waals surface area contributed by atoms with E-state index in [9.17, 15) is 19.1 Å². The average Bonchev–Trinajstić information content (AvgIpc) is 3.24. The lowest BCUT2D eigenvalue weighted by Crippen LogP contribution is -2.40. The zero-order valence-corrected chi connectivity index (χ0v) is 21.4. The minimum atomic E-state index is -0.891. The van der Waals surface area contributed by atoms with Gasteiger partial charge in [0.2, 0.25) is 0 Å². The molecule has 0 aliphatic carbocycles. The van der Waals surface area contributed by atoms with Crippen molar-refractivity contribution in [3.8, 4) is 11.5 Å². The van der Waals surface area contributed by atoms with Crippen LogP contribution in [0.25, 0.3) is 11.8 Å². The Morgan fingerprint density at radius 2 is 1.87 bits per heavy atom. The molecule has 0 saturated carbocycles. The van der Waals surface area contributed by atoms with E-state index in [4.69, 9.17) is 14.5 Å². The number of hydrogen-bond donors (Lipinski definition) is 1. The lowest BCUT2D eigenvalue weighted by atomic mass is 9.93. The van der Waals surface area contributed by atoms with Crippen LogP contribution in [0.5, 0.6) is 11.5 Å². The number of halogens is 1. The monoisotopic (exact) mass is 530 g/mol. The van der Waals surface area contributed by atoms with Gasteiger partial charge in [-0.3, -0.25) is 9.36 Å². The van der Waals surface area contributed by atoms with Gasteiger partial charge in [-0.05, 0) is 48.4 Å². The van der Waals surface area contributed by atoms with Crippen LogP contribution in [-0.4, -0.2) is 29.4 Å². The molecule has 0 bridgehead atoms. The molecule has 0 amide bonds. The van der Waals surface area contributed by atoms with Crippen molar-refractivity contribution < 1.29 is 23.8 Å². The summed E-state index contributed by atoms with van der Waals surface area (Å²) in [6, 6.07) is 18.7. The topological polar surface area (TPSA) is 90.1 Å². The molecule has 3 aromatic carbocycles. The number of aromatic nitrogens is 1. The second kappa shape index (κ2) is 10.5. The van der Waals surface area contributed by atoms with E-state index in [1.165, 1.54) is 41.2 Å². The fourth-order valence-electron chi connectivity index (χ4n) is 4.34. The third-order valence-corrected chi connectivity index (χ3v) is 7.04. The summed E-state index contributed by atoms with van der Waals surface area (Å²) in [5.74, 6) is -0.796. The molecular weight excluding hydrogens is 507 g/mol. The Kier molecular flexibility index (Phi) is 6.93. The molecule has 1 aromatic heterocycles. The second-order valence-electron chi connectivity index (χ2n) is 8.41. The van der Waals surface area contributed by atoms with Crippen molar-refractivity contribution >= 4 is 29.1 Å². The summed E-state index contributed by atoms with van der Waals surface area (Å²) in [6.07, 6.45) is 1.67. The van der Waals surface area contributed by atoms with Gasteiger partial charge < -0.3 is 14.6 Å². The Balaban J connectivity index is 1.81. The molecule has 38 heavy (non-hydrogen) atoms. The Morgan fingerprint density at radius 3 is 2.55 bits per heavy atom. The first kappa shape index (κ1) is 25.2. The predicted octanol–water partition coefficient (Wildman–Crippen LogP) is 3.79. The summed E-state index contributed by atoms with van der Waals surface area (Å²) in [5.41, 5.74) is 2.06. The van der Waals surface area contributed by atoms with Gasteiger partial charge in [0, 0.05) is 5.56 Å². The van der Waals surface area contributed by atoms with Crippen LogP contribution in [0.2, 0.25) is 0 Å². The van der Waals surface area contributed by atoms with Crippen LogP contribution in [-0.2, 0) is 9.53 Å². The molecule has 1 atom stereocenters. The number of thiazole rings is 1. The summed E-state index contributed by atoms with van der Waals surface area (Å²) < 4.78 is 26.3. The highest BCUT2D eigenvalue weighted by molar-refractivity contribution is 7.07. The SMILES string of the molecule is CCOC(=O)C1=C(c2ccccc2)N=c2s/c(=C\c3ccc(O)c(OC)c3)c(=O)n2[C@H]1c1ccc(F)cc1. The van der Waals surface area contributed by atoms with Crippen LogP contribution >= 0.6 is 11.3 Å². The highest BCUT2D eigenvalue weighted by Crippen LogP contribution is 2.35. The molecule has 0 fully saturated rings. The minimum absolute atomic E-state index is 0.0194. The minimum Gasteiger partial charge on any atom is -0.504 e. The molecule has 5 rings (SSSR count). The highest BCUT2D eigenvalue weighted by Gasteiger charge is 2.35. The number of rotatable bonds is 6. The van der Waals surface area contributed by atoms with Crippen molar-refractivity contribution in [3.63, 3.8) is 0 Å². The van der Waals surface area contributed by atoms with Crippen molar-refractivity contribution in [2.24, 2.45) is 4.99 Å². The van der Waals surface area contributed by atoms with Gasteiger partial charge in [0.25, 0.3) is 5.56 Å². The lowest BCUT2D eigenvalue weighted by Gasteiger charge is -2.25. The van der Waals surface area contributed by atoms with E-state index in [0.29, 0.717) is 31.7 Å². The molecule has 0 unspecified atom stereocenters. The van der Waals surface area contributed by atoms with E-state index in [0.717, 1.165) is 0 Å². The smallest absolute Gasteiger partial charge is 0.338 e. The standard InChI is InChI=1S/C29H23FN2O5S/c1-3-37-28(35)24-25(18-7-5-4-6-8-18)31-29-32(26(24)19-10-12-20(30)13-11-19)27(34)23(38-29)16-17-9-14-21(33)22(15-17)36-2/h4-16,26,33H,3H2,1-2H3/b23-16-/t26-/m0/s1. The first-order chi connectivity index (χ1) is 18.4. The largest absolute Gasteiger partial charge is 0.504 e. The van der Waals surface area contributed by atoms with E-state index in [-0.39, 0.29) is 29.2 Å². The zero-order valence-electron chi connectivity index (χ0n) is 20.6. The fourth-order valence-corrected chi connectivity index (χ4v) is 5.34. The van der Waals surface area contributed by atoms with Gasteiger partial charge in [0.05, 0.1) is 35.6 Å². The lowest BCUT2D eigenvalue weighted by molar-refractivity contribution is -0.138. The molecule has 4 aromatic rings. The van der Waals surface area contributed by atoms with E-state index in [1.807, 2.05) is 30.3 Å². The maximum atomic E-state index is 13.9. The number of hydrogen-bond acceptors (Lipinski definition) is 7. The number of methoxy groups -OCH3 is 1. The summed E-state index contributed by atoms with van der Waals surface area (Å²) >= 11 is 1.17. The van der Waals surface area contributed by atoms with Gasteiger partial charge in [0.1, 0.15) is 5.82 Å². The molecule has 0 radical (unpaired) electrons. The van der Waals surface area contributed by atoms with Crippen LogP contribution in [0.4, 0.5) is 4.39 Å². The number of ether oxygens (including phenoxy) is 2. The highest BCUT2D eigenvalue weighted by atomic mass is 32.1. The summed E-state index contributed by atoms with van der Waals surface area (Å²) in [4.78, 5) is 32.3. The number of esters is 1. The Hall–Kier alpha value is -4.50. The Bertz CT molecular complexity index is 1720. The molecule has 1 aliphatic heterocycles. The first-order valence-corrected chi connectivity index (χ1v) is 12.6. The molecule has 7 nitrogen and oxygen atoms in total. The summed E-state index contributed by atoms with van der Waals surface area (Å²) in [7, 11) is 1.44. The summed E-state index contributed by atoms with van der Waals surface area (Å²) in [5, 5.41) is 9.94. The van der Waals surface area contributed by atoms with Crippen molar-refractivity contribution in [2.75, 3.05) is 13.7 Å². The van der Waals surface area contributed by atoms with E-state index in [2.05, 4.69) is 0 Å². The molecule has 0 spiro atoms. The van der Waals surface area contributed by atoms with Gasteiger partial charge in [-0.2, -0.15) is 0 Å². The van der Waals surface area contributed by atoms with Gasteiger partial charge >= 0.3 is 5.97 Å². The van der Waals surface area contributed by atoms with Crippen LogP contribution in [0.1, 0.15) is 29.7 Å². The van der Waals surface area contributed by atoms with Gasteiger partial charge in [-0.25, -0.2) is 14.2 Å². The fraction of sp³-hybridized carbons (Fsp3) is 0.138. The number of phenols is 1. The molecule has 2 heterocycles. The second-order valence-corrected chi connectivity index (χ2v) is 9.42. The molecule has 1 aliphatic rings. The van der Waals surface area contributed by atoms with Crippen molar-refractivity contribution in [1.82, 2.24) is 4.57 Å². The quantitative estimate of drug-likeness (QED) is 0.383. The van der Waals surface area contributed by atoms with Crippen molar-refractivity contribution in [1.29, 1.82) is 0 Å². The number of aromatic hydroxyl groups is 1. The number of nitrogens with zero attached hydrogens (tertiary/aromatic N) is 2.